The van der Waals surface area contributed by atoms with Crippen LogP contribution in [0.5, 0.6) is 0 Å². The molecule has 3 N–H and O–H groups in total. The third kappa shape index (κ3) is 3.99. The van der Waals surface area contributed by atoms with Crippen LogP contribution in [0.3, 0.4) is 0 Å². The van der Waals surface area contributed by atoms with Crippen molar-refractivity contribution in [2.24, 2.45) is 10.5 Å². The SMILES string of the molecule is O=C(Nc1csc(C2NC=NN2)n1)c1cc(-n2cnc(C3CC3)c2)c(N2CCC3(CC2)COC3)cn1. The number of carbonyl (C=O) groups excluding carboxylic acids is 1. The predicted molar refractivity (Wildman–Crippen MR) is 136 cm³/mol. The van der Waals surface area contributed by atoms with Crippen LogP contribution in [0.1, 0.15) is 59.0 Å². The number of imidazole rings is 1. The summed E-state index contributed by atoms with van der Waals surface area (Å²) in [4.78, 5) is 29.2. The first-order valence-electron chi connectivity index (χ1n) is 12.3. The molecule has 0 bridgehead atoms. The third-order valence-corrected chi connectivity index (χ3v) is 8.38. The second kappa shape index (κ2) is 8.56. The summed E-state index contributed by atoms with van der Waals surface area (Å²) in [7, 11) is 0. The fraction of sp³-hybridized carbons (Fsp3) is 0.458. The molecule has 36 heavy (non-hydrogen) atoms. The Labute approximate surface area is 212 Å². The van der Waals surface area contributed by atoms with Crippen molar-refractivity contribution in [2.75, 3.05) is 36.5 Å². The maximum absolute atomic E-state index is 13.2. The van der Waals surface area contributed by atoms with Crippen LogP contribution in [0.25, 0.3) is 5.69 Å². The summed E-state index contributed by atoms with van der Waals surface area (Å²) >= 11 is 1.44. The molecule has 3 fully saturated rings. The van der Waals surface area contributed by atoms with E-state index in [1.807, 2.05) is 28.5 Å². The second-order valence-corrected chi connectivity index (χ2v) is 10.9. The van der Waals surface area contributed by atoms with E-state index in [4.69, 9.17) is 4.74 Å². The average Bonchev–Trinajstić information content (AvgIpc) is 3.28. The van der Waals surface area contributed by atoms with Gasteiger partial charge in [-0.1, -0.05) is 0 Å². The highest BCUT2D eigenvalue weighted by molar-refractivity contribution is 7.10. The Balaban J connectivity index is 1.15. The molecule has 1 amide bonds. The number of hydrogen-bond donors (Lipinski definition) is 3. The van der Waals surface area contributed by atoms with Gasteiger partial charge in [0.05, 0.1) is 42.8 Å². The smallest absolute Gasteiger partial charge is 0.275 e. The summed E-state index contributed by atoms with van der Waals surface area (Å²) in [5.41, 5.74) is 6.67. The summed E-state index contributed by atoms with van der Waals surface area (Å²) in [6, 6.07) is 1.86. The van der Waals surface area contributed by atoms with Crippen LogP contribution in [0.2, 0.25) is 0 Å². The fourth-order valence-corrected chi connectivity index (χ4v) is 5.77. The van der Waals surface area contributed by atoms with Crippen LogP contribution < -0.4 is 21.0 Å². The molecule has 12 heteroatoms. The molecule has 0 aromatic carbocycles. The summed E-state index contributed by atoms with van der Waals surface area (Å²) in [6.45, 7) is 3.63. The number of nitrogens with one attached hydrogen (secondary N) is 3. The number of thiazole rings is 1. The van der Waals surface area contributed by atoms with Crippen molar-refractivity contribution >= 4 is 35.1 Å². The minimum atomic E-state index is -0.296. The standard InChI is InChI=1S/C24H27N9O2S/c34-22(29-20-10-36-23(30-20)21-26-13-28-31-21)16-7-18(33-9-17(27-14-33)15-1-2-15)19(8-25-16)32-5-3-24(4-6-32)11-35-12-24/h7-10,13-15,21,31H,1-6,11-12H2,(H,26,28)(H,29,34). The van der Waals surface area contributed by atoms with E-state index in [0.29, 0.717) is 22.8 Å². The Bertz CT molecular complexity index is 1310. The molecule has 3 aromatic rings. The molecule has 1 aliphatic carbocycles. The van der Waals surface area contributed by atoms with Crippen molar-refractivity contribution in [3.63, 3.8) is 0 Å². The molecule has 7 rings (SSSR count). The molecule has 1 atom stereocenters. The maximum Gasteiger partial charge on any atom is 0.275 e. The molecule has 11 nitrogen and oxygen atoms in total. The fourth-order valence-electron chi connectivity index (χ4n) is 5.02. The highest BCUT2D eigenvalue weighted by Crippen LogP contribution is 2.41. The lowest BCUT2D eigenvalue weighted by molar-refractivity contribution is -0.124. The van der Waals surface area contributed by atoms with E-state index in [1.54, 1.807) is 6.34 Å². The number of hydrogen-bond acceptors (Lipinski definition) is 10. The molecule has 6 heterocycles. The molecule has 1 unspecified atom stereocenters. The Morgan fingerprint density at radius 2 is 2.06 bits per heavy atom. The minimum Gasteiger partial charge on any atom is -0.380 e. The normalized spacial score (nSPS) is 22.2. The second-order valence-electron chi connectivity index (χ2n) is 10.0. The first-order chi connectivity index (χ1) is 17.7. The summed E-state index contributed by atoms with van der Waals surface area (Å²) in [6.07, 6.45) is 11.8. The molecule has 4 aliphatic rings. The van der Waals surface area contributed by atoms with E-state index in [9.17, 15) is 4.79 Å². The lowest BCUT2D eigenvalue weighted by Gasteiger charge is -2.48. The summed E-state index contributed by atoms with van der Waals surface area (Å²) < 4.78 is 7.54. The number of nitrogens with zero attached hydrogens (tertiary/aromatic N) is 6. The topological polar surface area (TPSA) is 122 Å². The quantitative estimate of drug-likeness (QED) is 0.467. The number of carbonyl (C=O) groups is 1. The third-order valence-electron chi connectivity index (χ3n) is 7.47. The van der Waals surface area contributed by atoms with Crippen LogP contribution in [-0.4, -0.2) is 58.1 Å². The molecular weight excluding hydrogens is 478 g/mol. The zero-order chi connectivity index (χ0) is 24.1. The molecule has 0 radical (unpaired) electrons. The van der Waals surface area contributed by atoms with Gasteiger partial charge in [0.1, 0.15) is 22.9 Å². The highest BCUT2D eigenvalue weighted by atomic mass is 32.1. The van der Waals surface area contributed by atoms with Crippen LogP contribution in [0.15, 0.2) is 35.3 Å². The van der Waals surface area contributed by atoms with Crippen LogP contribution >= 0.6 is 11.3 Å². The number of amides is 1. The molecule has 186 valence electrons. The number of pyridine rings is 1. The van der Waals surface area contributed by atoms with E-state index >= 15 is 0 Å². The molecule has 3 aliphatic heterocycles. The van der Waals surface area contributed by atoms with Crippen molar-refractivity contribution in [1.82, 2.24) is 30.3 Å². The molecule has 1 spiro atoms. The maximum atomic E-state index is 13.2. The average molecular weight is 506 g/mol. The monoisotopic (exact) mass is 505 g/mol. The Morgan fingerprint density at radius 1 is 1.19 bits per heavy atom. The zero-order valence-corrected chi connectivity index (χ0v) is 20.5. The van der Waals surface area contributed by atoms with Gasteiger partial charge in [-0.2, -0.15) is 5.10 Å². The van der Waals surface area contributed by atoms with E-state index in [2.05, 4.69) is 47.2 Å². The van der Waals surface area contributed by atoms with Crippen molar-refractivity contribution in [3.05, 3.63) is 46.6 Å². The van der Waals surface area contributed by atoms with Crippen molar-refractivity contribution in [2.45, 2.75) is 37.8 Å². The van der Waals surface area contributed by atoms with Gasteiger partial charge in [-0.25, -0.2) is 15.0 Å². The minimum absolute atomic E-state index is 0.179. The van der Waals surface area contributed by atoms with Gasteiger partial charge in [0.15, 0.2) is 6.17 Å². The van der Waals surface area contributed by atoms with Crippen molar-refractivity contribution in [1.29, 1.82) is 0 Å². The number of rotatable bonds is 6. The Hall–Kier alpha value is -3.51. The number of ether oxygens (including phenoxy) is 1. The van der Waals surface area contributed by atoms with E-state index < -0.39 is 0 Å². The first kappa shape index (κ1) is 21.7. The molecular formula is C24H27N9O2S. The lowest BCUT2D eigenvalue weighted by Crippen LogP contribution is -2.51. The van der Waals surface area contributed by atoms with Gasteiger partial charge in [0, 0.05) is 36.0 Å². The number of hydrazone groups is 1. The molecule has 3 aromatic heterocycles. The van der Waals surface area contributed by atoms with Crippen LogP contribution in [-0.2, 0) is 4.74 Å². The largest absolute Gasteiger partial charge is 0.380 e. The first-order valence-corrected chi connectivity index (χ1v) is 13.2. The molecule has 2 saturated heterocycles. The van der Waals surface area contributed by atoms with Gasteiger partial charge in [0.25, 0.3) is 5.91 Å². The zero-order valence-electron chi connectivity index (χ0n) is 19.7. The molecule has 1 saturated carbocycles. The summed E-state index contributed by atoms with van der Waals surface area (Å²) in [5, 5.41) is 12.5. The van der Waals surface area contributed by atoms with Crippen molar-refractivity contribution in [3.8, 4) is 5.69 Å². The van der Waals surface area contributed by atoms with Gasteiger partial charge >= 0.3 is 0 Å². The van der Waals surface area contributed by atoms with Gasteiger partial charge in [-0.15, -0.1) is 11.3 Å². The number of aromatic nitrogens is 4. The van der Waals surface area contributed by atoms with Gasteiger partial charge in [-0.05, 0) is 31.7 Å². The van der Waals surface area contributed by atoms with Crippen LogP contribution in [0.4, 0.5) is 11.5 Å². The van der Waals surface area contributed by atoms with E-state index in [1.165, 1.54) is 24.2 Å². The van der Waals surface area contributed by atoms with Crippen LogP contribution in [0, 0.1) is 5.41 Å². The summed E-state index contributed by atoms with van der Waals surface area (Å²) in [5.74, 6) is 0.751. The van der Waals surface area contributed by atoms with E-state index in [-0.39, 0.29) is 12.1 Å². The lowest BCUT2D eigenvalue weighted by atomic mass is 9.77. The van der Waals surface area contributed by atoms with E-state index in [0.717, 1.165) is 61.2 Å². The highest BCUT2D eigenvalue weighted by Gasteiger charge is 2.41. The van der Waals surface area contributed by atoms with Gasteiger partial charge in [-0.3, -0.25) is 10.2 Å². The van der Waals surface area contributed by atoms with Gasteiger partial charge in [0.2, 0.25) is 0 Å². The number of anilines is 2. The Morgan fingerprint density at radius 3 is 2.78 bits per heavy atom. The van der Waals surface area contributed by atoms with Crippen molar-refractivity contribution < 1.29 is 9.53 Å². The Kier molecular flexibility index (Phi) is 5.17. The predicted octanol–water partition coefficient (Wildman–Crippen LogP) is 2.61. The van der Waals surface area contributed by atoms with Gasteiger partial charge < -0.3 is 24.8 Å². The number of piperidine rings is 1.